The SMILES string of the molecule is CC(C)(C)Cc1cc(NC(=O)Cc2ccc(C(N)=C(C#N)C(N)=NC3CCCOC3)cc2)on1. The first kappa shape index (κ1) is 25.0. The molecule has 3 rings (SSSR count). The predicted molar refractivity (Wildman–Crippen MR) is 131 cm³/mol. The number of carbonyl (C=O) groups is 1. The highest BCUT2D eigenvalue weighted by molar-refractivity contribution is 6.07. The van der Waals surface area contributed by atoms with Gasteiger partial charge in [-0.1, -0.05) is 50.2 Å². The third-order valence-electron chi connectivity index (χ3n) is 5.26. The minimum atomic E-state index is -0.224. The van der Waals surface area contributed by atoms with Crippen molar-refractivity contribution in [3.63, 3.8) is 0 Å². The second-order valence-corrected chi connectivity index (χ2v) is 9.63. The molecular weight excluding hydrogens is 432 g/mol. The van der Waals surface area contributed by atoms with Crippen LogP contribution in [0, 0.1) is 16.7 Å². The number of nitrogens with zero attached hydrogens (tertiary/aromatic N) is 3. The zero-order valence-electron chi connectivity index (χ0n) is 19.9. The molecule has 1 aliphatic rings. The summed E-state index contributed by atoms with van der Waals surface area (Å²) in [4.78, 5) is 16.8. The number of amidine groups is 1. The molecule has 0 spiro atoms. The van der Waals surface area contributed by atoms with E-state index in [4.69, 9.17) is 20.7 Å². The maximum atomic E-state index is 12.4. The highest BCUT2D eigenvalue weighted by Crippen LogP contribution is 2.22. The van der Waals surface area contributed by atoms with Gasteiger partial charge < -0.3 is 20.7 Å². The lowest BCUT2D eigenvalue weighted by Gasteiger charge is -2.19. The minimum Gasteiger partial charge on any atom is -0.397 e. The third kappa shape index (κ3) is 7.18. The number of ether oxygens (including phenoxy) is 1. The maximum Gasteiger partial charge on any atom is 0.231 e. The van der Waals surface area contributed by atoms with Crippen molar-refractivity contribution in [2.24, 2.45) is 21.9 Å². The van der Waals surface area contributed by atoms with Gasteiger partial charge in [0.25, 0.3) is 0 Å². The van der Waals surface area contributed by atoms with Crippen molar-refractivity contribution >= 4 is 23.3 Å². The topological polar surface area (TPSA) is 153 Å². The second kappa shape index (κ2) is 11.0. The Kier molecular flexibility index (Phi) is 8.08. The average Bonchev–Trinajstić information content (AvgIpc) is 3.20. The van der Waals surface area contributed by atoms with Crippen molar-refractivity contribution in [1.82, 2.24) is 5.16 Å². The van der Waals surface area contributed by atoms with Crippen LogP contribution in [-0.2, 0) is 22.4 Å². The molecular formula is C25H32N6O3. The summed E-state index contributed by atoms with van der Waals surface area (Å²) in [5, 5.41) is 16.3. The van der Waals surface area contributed by atoms with Gasteiger partial charge in [0.2, 0.25) is 11.8 Å². The van der Waals surface area contributed by atoms with Crippen LogP contribution in [0.15, 0.2) is 45.4 Å². The van der Waals surface area contributed by atoms with Crippen LogP contribution in [0.4, 0.5) is 5.88 Å². The molecule has 1 atom stereocenters. The number of amides is 1. The van der Waals surface area contributed by atoms with Crippen molar-refractivity contribution < 1.29 is 14.1 Å². The number of aliphatic imine (C=N–C) groups is 1. The van der Waals surface area contributed by atoms with Gasteiger partial charge in [0.15, 0.2) is 0 Å². The number of hydrogen-bond acceptors (Lipinski definition) is 7. The molecule has 1 unspecified atom stereocenters. The Hall–Kier alpha value is -3.64. The first-order valence-electron chi connectivity index (χ1n) is 11.3. The Morgan fingerprint density at radius 1 is 1.29 bits per heavy atom. The number of hydrogen-bond donors (Lipinski definition) is 3. The molecule has 180 valence electrons. The molecule has 1 fully saturated rings. The molecule has 2 aromatic rings. The number of rotatable bonds is 7. The van der Waals surface area contributed by atoms with Crippen molar-refractivity contribution in [1.29, 1.82) is 5.26 Å². The summed E-state index contributed by atoms with van der Waals surface area (Å²) in [6.07, 6.45) is 2.67. The summed E-state index contributed by atoms with van der Waals surface area (Å²) in [5.41, 5.74) is 14.9. The van der Waals surface area contributed by atoms with Crippen LogP contribution in [-0.4, -0.2) is 36.2 Å². The minimum absolute atomic E-state index is 0.0697. The summed E-state index contributed by atoms with van der Waals surface area (Å²) in [7, 11) is 0. The van der Waals surface area contributed by atoms with Crippen molar-refractivity contribution in [2.75, 3.05) is 18.5 Å². The highest BCUT2D eigenvalue weighted by atomic mass is 16.5. The van der Waals surface area contributed by atoms with Crippen molar-refractivity contribution in [2.45, 2.75) is 52.5 Å². The molecule has 2 heterocycles. The molecule has 9 heteroatoms. The zero-order valence-corrected chi connectivity index (χ0v) is 19.9. The Balaban J connectivity index is 1.63. The lowest BCUT2D eigenvalue weighted by molar-refractivity contribution is -0.115. The van der Waals surface area contributed by atoms with E-state index in [9.17, 15) is 10.1 Å². The summed E-state index contributed by atoms with van der Waals surface area (Å²) >= 11 is 0. The Labute approximate surface area is 199 Å². The average molecular weight is 465 g/mol. The summed E-state index contributed by atoms with van der Waals surface area (Å²) in [5.74, 6) is 0.209. The van der Waals surface area contributed by atoms with E-state index < -0.39 is 0 Å². The van der Waals surface area contributed by atoms with Crippen LogP contribution in [0.25, 0.3) is 5.70 Å². The Bertz CT molecular complexity index is 1100. The van der Waals surface area contributed by atoms with Gasteiger partial charge in [-0.05, 0) is 35.8 Å². The van der Waals surface area contributed by atoms with Gasteiger partial charge in [-0.3, -0.25) is 15.1 Å². The van der Waals surface area contributed by atoms with E-state index in [0.29, 0.717) is 18.1 Å². The lowest BCUT2D eigenvalue weighted by Crippen LogP contribution is -2.26. The molecule has 1 aliphatic heterocycles. The Morgan fingerprint density at radius 3 is 2.65 bits per heavy atom. The van der Waals surface area contributed by atoms with Gasteiger partial charge in [0.1, 0.15) is 17.5 Å². The van der Waals surface area contributed by atoms with Crippen molar-refractivity contribution in [3.8, 4) is 6.07 Å². The van der Waals surface area contributed by atoms with Crippen LogP contribution >= 0.6 is 0 Å². The van der Waals surface area contributed by atoms with Crippen LogP contribution < -0.4 is 16.8 Å². The molecule has 0 saturated carbocycles. The van der Waals surface area contributed by atoms with Gasteiger partial charge in [0.05, 0.1) is 30.5 Å². The molecule has 9 nitrogen and oxygen atoms in total. The predicted octanol–water partition coefficient (Wildman–Crippen LogP) is 3.17. The van der Waals surface area contributed by atoms with E-state index in [1.165, 1.54) is 0 Å². The van der Waals surface area contributed by atoms with Gasteiger partial charge in [-0.15, -0.1) is 0 Å². The van der Waals surface area contributed by atoms with Gasteiger partial charge >= 0.3 is 0 Å². The molecule has 1 amide bonds. The maximum absolute atomic E-state index is 12.4. The summed E-state index contributed by atoms with van der Waals surface area (Å²) in [6, 6.07) is 10.8. The van der Waals surface area contributed by atoms with E-state index in [-0.39, 0.29) is 40.9 Å². The van der Waals surface area contributed by atoms with E-state index in [1.807, 2.05) is 0 Å². The number of benzene rings is 1. The number of anilines is 1. The first-order valence-corrected chi connectivity index (χ1v) is 11.3. The number of carbonyl (C=O) groups excluding carboxylic acids is 1. The quantitative estimate of drug-likeness (QED) is 0.323. The van der Waals surface area contributed by atoms with E-state index in [1.54, 1.807) is 30.3 Å². The first-order chi connectivity index (χ1) is 16.1. The fraction of sp³-hybridized carbons (Fsp3) is 0.440. The van der Waals surface area contributed by atoms with Gasteiger partial charge in [0, 0.05) is 12.7 Å². The monoisotopic (exact) mass is 464 g/mol. The molecule has 1 saturated heterocycles. The number of nitrogens with one attached hydrogen (secondary N) is 1. The fourth-order valence-electron chi connectivity index (χ4n) is 3.65. The number of aromatic nitrogens is 1. The fourth-order valence-corrected chi connectivity index (χ4v) is 3.65. The van der Waals surface area contributed by atoms with Crippen LogP contribution in [0.5, 0.6) is 0 Å². The van der Waals surface area contributed by atoms with Gasteiger partial charge in [-0.25, -0.2) is 0 Å². The van der Waals surface area contributed by atoms with E-state index in [2.05, 4.69) is 42.3 Å². The standard InChI is InChI=1S/C25H32N6O3/c1-25(2,3)13-19-12-22(34-31-19)30-21(32)11-16-6-8-17(9-7-16)23(27)20(14-26)24(28)29-18-5-4-10-33-15-18/h6-9,12,18H,4-5,10-11,13,15,27H2,1-3H3,(H2,28,29)(H,30,32). The molecule has 5 N–H and O–H groups in total. The van der Waals surface area contributed by atoms with Crippen molar-refractivity contribution in [3.05, 3.63) is 52.7 Å². The zero-order chi connectivity index (χ0) is 24.7. The smallest absolute Gasteiger partial charge is 0.231 e. The summed E-state index contributed by atoms with van der Waals surface area (Å²) in [6.45, 7) is 7.53. The molecule has 0 aliphatic carbocycles. The van der Waals surface area contributed by atoms with Gasteiger partial charge in [-0.2, -0.15) is 5.26 Å². The Morgan fingerprint density at radius 2 is 2.03 bits per heavy atom. The van der Waals surface area contributed by atoms with Crippen LogP contribution in [0.1, 0.15) is 50.4 Å². The van der Waals surface area contributed by atoms with Crippen LogP contribution in [0.3, 0.4) is 0 Å². The number of nitrogens with two attached hydrogens (primary N) is 2. The number of nitriles is 1. The normalized spacial score (nSPS) is 17.6. The highest BCUT2D eigenvalue weighted by Gasteiger charge is 2.17. The largest absolute Gasteiger partial charge is 0.397 e. The third-order valence-corrected chi connectivity index (χ3v) is 5.26. The second-order valence-electron chi connectivity index (χ2n) is 9.63. The molecule has 0 bridgehead atoms. The molecule has 1 aromatic heterocycles. The van der Waals surface area contributed by atoms with E-state index >= 15 is 0 Å². The summed E-state index contributed by atoms with van der Waals surface area (Å²) < 4.78 is 10.6. The molecule has 0 radical (unpaired) electrons. The lowest BCUT2D eigenvalue weighted by atomic mass is 9.91. The molecule has 34 heavy (non-hydrogen) atoms. The van der Waals surface area contributed by atoms with E-state index in [0.717, 1.165) is 37.1 Å². The molecule has 1 aromatic carbocycles. The van der Waals surface area contributed by atoms with Crippen LogP contribution in [0.2, 0.25) is 0 Å².